The van der Waals surface area contributed by atoms with Crippen LogP contribution in [0.25, 0.3) is 0 Å². The minimum atomic E-state index is -0.682. The van der Waals surface area contributed by atoms with Crippen molar-refractivity contribution in [3.63, 3.8) is 0 Å². The van der Waals surface area contributed by atoms with Gasteiger partial charge in [-0.15, -0.1) is 0 Å². The largest absolute Gasteiger partial charge is 0.511 e. The second-order valence-corrected chi connectivity index (χ2v) is 8.33. The number of hydrogen-bond acceptors (Lipinski definition) is 5. The normalized spacial score (nSPS) is 24.5. The zero-order valence-corrected chi connectivity index (χ0v) is 16.6. The van der Waals surface area contributed by atoms with E-state index in [-0.39, 0.29) is 12.8 Å². The van der Waals surface area contributed by atoms with Gasteiger partial charge in [-0.1, -0.05) is 39.2 Å². The van der Waals surface area contributed by atoms with Gasteiger partial charge in [0.2, 0.25) is 6.79 Å². The van der Waals surface area contributed by atoms with Crippen molar-refractivity contribution in [2.75, 3.05) is 13.4 Å². The molecule has 1 aromatic rings. The molecular formula is C22H33NO4. The lowest BCUT2D eigenvalue weighted by atomic mass is 9.68. The molecular weight excluding hydrogens is 342 g/mol. The molecule has 0 unspecified atom stereocenters. The van der Waals surface area contributed by atoms with Gasteiger partial charge in [0.15, 0.2) is 0 Å². The van der Waals surface area contributed by atoms with Crippen LogP contribution in [-0.2, 0) is 15.9 Å². The maximum absolute atomic E-state index is 11.6. The van der Waals surface area contributed by atoms with Gasteiger partial charge in [0.05, 0.1) is 6.61 Å². The van der Waals surface area contributed by atoms with Gasteiger partial charge in [-0.05, 0) is 66.7 Å². The summed E-state index contributed by atoms with van der Waals surface area (Å²) in [5, 5.41) is 0. The van der Waals surface area contributed by atoms with Crippen molar-refractivity contribution in [2.24, 2.45) is 17.6 Å². The molecule has 0 aromatic heterocycles. The third-order valence-electron chi connectivity index (χ3n) is 5.92. The molecule has 1 fully saturated rings. The third kappa shape index (κ3) is 5.38. The number of nitrogens with two attached hydrogens (primary N) is 1. The van der Waals surface area contributed by atoms with Crippen LogP contribution in [0.4, 0.5) is 4.79 Å². The quantitative estimate of drug-likeness (QED) is 0.573. The lowest BCUT2D eigenvalue weighted by molar-refractivity contribution is 0.00313. The molecule has 0 amide bonds. The molecule has 1 saturated carbocycles. The molecule has 3 rings (SSSR count). The van der Waals surface area contributed by atoms with Crippen LogP contribution in [0, 0.1) is 11.8 Å². The van der Waals surface area contributed by atoms with E-state index in [1.165, 1.54) is 36.8 Å². The first kappa shape index (κ1) is 20.0. The van der Waals surface area contributed by atoms with Crippen LogP contribution in [-0.4, -0.2) is 25.6 Å². The fourth-order valence-electron chi connectivity index (χ4n) is 4.30. The number of carbonyl (C=O) groups is 1. The summed E-state index contributed by atoms with van der Waals surface area (Å²) < 4.78 is 15.7. The van der Waals surface area contributed by atoms with E-state index in [2.05, 4.69) is 26.0 Å². The van der Waals surface area contributed by atoms with Gasteiger partial charge < -0.3 is 19.9 Å². The van der Waals surface area contributed by atoms with E-state index >= 15 is 0 Å². The summed E-state index contributed by atoms with van der Waals surface area (Å²) in [6.07, 6.45) is 7.42. The maximum Gasteiger partial charge on any atom is 0.511 e. The minimum Gasteiger partial charge on any atom is -0.457 e. The van der Waals surface area contributed by atoms with E-state index in [1.807, 2.05) is 6.07 Å². The highest BCUT2D eigenvalue weighted by Gasteiger charge is 2.34. The molecule has 1 aromatic carbocycles. The molecule has 0 spiro atoms. The average Bonchev–Trinajstić information content (AvgIpc) is 2.63. The van der Waals surface area contributed by atoms with E-state index in [0.29, 0.717) is 24.4 Å². The van der Waals surface area contributed by atoms with E-state index in [4.69, 9.17) is 19.9 Å². The summed E-state index contributed by atoms with van der Waals surface area (Å²) in [5.41, 5.74) is 9.31. The van der Waals surface area contributed by atoms with Crippen molar-refractivity contribution >= 4 is 6.16 Å². The van der Waals surface area contributed by atoms with Gasteiger partial charge in [-0.2, -0.15) is 0 Å². The molecule has 2 aliphatic carbocycles. The van der Waals surface area contributed by atoms with Crippen molar-refractivity contribution in [1.82, 2.24) is 0 Å². The molecule has 0 saturated heterocycles. The first-order chi connectivity index (χ1) is 13.0. The van der Waals surface area contributed by atoms with Crippen molar-refractivity contribution in [1.29, 1.82) is 0 Å². The Morgan fingerprint density at radius 2 is 2.00 bits per heavy atom. The monoisotopic (exact) mass is 375 g/mol. The van der Waals surface area contributed by atoms with E-state index < -0.39 is 6.16 Å². The zero-order valence-electron chi connectivity index (χ0n) is 16.6. The van der Waals surface area contributed by atoms with Crippen LogP contribution < -0.4 is 10.5 Å². The predicted molar refractivity (Wildman–Crippen MR) is 105 cm³/mol. The summed E-state index contributed by atoms with van der Waals surface area (Å²) in [6.45, 7) is 4.39. The summed E-state index contributed by atoms with van der Waals surface area (Å²) in [4.78, 5) is 11.6. The van der Waals surface area contributed by atoms with Gasteiger partial charge in [-0.25, -0.2) is 4.79 Å². The summed E-state index contributed by atoms with van der Waals surface area (Å²) in [7, 11) is 0. The van der Waals surface area contributed by atoms with Crippen molar-refractivity contribution in [3.8, 4) is 5.75 Å². The summed E-state index contributed by atoms with van der Waals surface area (Å²) in [5.74, 6) is 2.21. The zero-order chi connectivity index (χ0) is 19.2. The number of fused-ring (bicyclic) bond motifs is 4. The van der Waals surface area contributed by atoms with Gasteiger partial charge in [-0.3, -0.25) is 0 Å². The summed E-state index contributed by atoms with van der Waals surface area (Å²) >= 11 is 0. The van der Waals surface area contributed by atoms with E-state index in [1.54, 1.807) is 0 Å². The molecule has 5 nitrogen and oxygen atoms in total. The third-order valence-corrected chi connectivity index (χ3v) is 5.92. The predicted octanol–water partition coefficient (Wildman–Crippen LogP) is 4.77. The van der Waals surface area contributed by atoms with Crippen LogP contribution in [0.2, 0.25) is 0 Å². The second kappa shape index (κ2) is 9.45. The average molecular weight is 376 g/mol. The Hall–Kier alpha value is -1.75. The Morgan fingerprint density at radius 1 is 1.19 bits per heavy atom. The maximum atomic E-state index is 11.6. The number of hydrogen-bond donors (Lipinski definition) is 1. The smallest absolute Gasteiger partial charge is 0.457 e. The SMILES string of the molecule is CC(C)CCOC(=O)OCOc1ccc2c(c1)[C@H]1CCCCC[C@@H](C2)[C@@H]1N. The van der Waals surface area contributed by atoms with Gasteiger partial charge in [0.1, 0.15) is 5.75 Å². The highest BCUT2D eigenvalue weighted by molar-refractivity contribution is 5.59. The standard InChI is InChI=1S/C22H33NO4/c1-15(2)10-11-25-22(24)27-14-26-18-9-8-16-12-17-6-4-3-5-7-19(21(17)23)20(16)13-18/h8-9,13,15,17,19,21H,3-7,10-12,14,23H2,1-2H3/t17-,19+,21-/m0/s1. The first-order valence-electron chi connectivity index (χ1n) is 10.4. The lowest BCUT2D eigenvalue weighted by Gasteiger charge is -2.39. The Morgan fingerprint density at radius 3 is 2.81 bits per heavy atom. The Labute approximate surface area is 162 Å². The van der Waals surface area contributed by atoms with E-state index in [0.717, 1.165) is 25.0 Å². The van der Waals surface area contributed by atoms with Crippen LogP contribution in [0.5, 0.6) is 5.75 Å². The van der Waals surface area contributed by atoms with Crippen LogP contribution in [0.3, 0.4) is 0 Å². The fraction of sp³-hybridized carbons (Fsp3) is 0.682. The molecule has 2 aliphatic rings. The fourth-order valence-corrected chi connectivity index (χ4v) is 4.30. The number of carbonyl (C=O) groups excluding carboxylic acids is 1. The van der Waals surface area contributed by atoms with Gasteiger partial charge >= 0.3 is 6.16 Å². The molecule has 27 heavy (non-hydrogen) atoms. The molecule has 0 heterocycles. The molecule has 3 atom stereocenters. The first-order valence-corrected chi connectivity index (χ1v) is 10.4. The lowest BCUT2D eigenvalue weighted by Crippen LogP contribution is -2.42. The number of ether oxygens (including phenoxy) is 3. The van der Waals surface area contributed by atoms with Crippen molar-refractivity contribution in [3.05, 3.63) is 29.3 Å². The Bertz CT molecular complexity index is 631. The molecule has 5 heteroatoms. The van der Waals surface area contributed by atoms with Gasteiger partial charge in [0, 0.05) is 6.04 Å². The Kier molecular flexibility index (Phi) is 7.00. The molecule has 150 valence electrons. The second-order valence-electron chi connectivity index (χ2n) is 8.33. The van der Waals surface area contributed by atoms with Gasteiger partial charge in [0.25, 0.3) is 0 Å². The summed E-state index contributed by atoms with van der Waals surface area (Å²) in [6, 6.07) is 6.44. The topological polar surface area (TPSA) is 70.8 Å². The molecule has 2 N–H and O–H groups in total. The van der Waals surface area contributed by atoms with Crippen LogP contribution in [0.15, 0.2) is 18.2 Å². The van der Waals surface area contributed by atoms with Crippen LogP contribution in [0.1, 0.15) is 69.4 Å². The van der Waals surface area contributed by atoms with Crippen LogP contribution >= 0.6 is 0 Å². The van der Waals surface area contributed by atoms with Crippen molar-refractivity contribution < 1.29 is 19.0 Å². The number of rotatable bonds is 6. The Balaban J connectivity index is 1.55. The number of benzene rings is 1. The van der Waals surface area contributed by atoms with Crippen molar-refractivity contribution in [2.45, 2.75) is 70.8 Å². The molecule has 2 bridgehead atoms. The highest BCUT2D eigenvalue weighted by Crippen LogP contribution is 2.42. The highest BCUT2D eigenvalue weighted by atomic mass is 16.8. The minimum absolute atomic E-state index is 0.140. The molecule has 0 radical (unpaired) electrons. The molecule has 0 aliphatic heterocycles. The van der Waals surface area contributed by atoms with E-state index in [9.17, 15) is 4.79 Å².